The Balaban J connectivity index is 1.21. The molecule has 7 rings (SSSR count). The minimum absolute atomic E-state index is 0.0321. The van der Waals surface area contributed by atoms with Crippen LogP contribution in [0.15, 0.2) is 95.6 Å². The molecule has 0 aliphatic carbocycles. The maximum absolute atomic E-state index is 14.4. The van der Waals surface area contributed by atoms with Crippen molar-refractivity contribution in [2.24, 2.45) is 0 Å². The van der Waals surface area contributed by atoms with Crippen LogP contribution in [-0.4, -0.2) is 69.0 Å². The van der Waals surface area contributed by atoms with Crippen molar-refractivity contribution in [2.75, 3.05) is 13.1 Å². The SMILES string of the molecule is CC(C)N(C(=O)NCc1ccc(Cl)c(Cl)c1)N1CC(=O)N2[C@@H](Cc3ccc4occc4c3)C(=O)N(Cc3cccc4ccccc34)C[C@@H]21. The van der Waals surface area contributed by atoms with Crippen LogP contribution >= 0.6 is 23.2 Å². The number of rotatable bonds is 8. The number of piperazine rings is 1. The molecule has 1 N–H and O–H groups in total. The van der Waals surface area contributed by atoms with Crippen molar-refractivity contribution in [3.05, 3.63) is 118 Å². The molecule has 2 aliphatic heterocycles. The molecule has 1 aromatic heterocycles. The summed E-state index contributed by atoms with van der Waals surface area (Å²) in [6.45, 7) is 4.62. The van der Waals surface area contributed by atoms with Crippen LogP contribution in [0.1, 0.15) is 30.5 Å². The fourth-order valence-electron chi connectivity index (χ4n) is 6.92. The van der Waals surface area contributed by atoms with Crippen LogP contribution in [0.2, 0.25) is 10.0 Å². The van der Waals surface area contributed by atoms with E-state index in [1.807, 2.05) is 72.3 Å². The molecule has 4 aromatic carbocycles. The zero-order chi connectivity index (χ0) is 33.5. The van der Waals surface area contributed by atoms with E-state index in [0.717, 1.165) is 38.4 Å². The first kappa shape index (κ1) is 32.0. The van der Waals surface area contributed by atoms with Gasteiger partial charge in [-0.3, -0.25) is 14.6 Å². The molecule has 3 heterocycles. The second-order valence-electron chi connectivity index (χ2n) is 12.6. The third kappa shape index (κ3) is 6.09. The van der Waals surface area contributed by atoms with Crippen molar-refractivity contribution in [2.45, 2.75) is 51.6 Å². The Labute approximate surface area is 288 Å². The van der Waals surface area contributed by atoms with Crippen LogP contribution in [0.25, 0.3) is 21.7 Å². The number of nitrogens with zero attached hydrogens (tertiary/aromatic N) is 4. The fourth-order valence-corrected chi connectivity index (χ4v) is 7.24. The number of benzene rings is 4. The summed E-state index contributed by atoms with van der Waals surface area (Å²) < 4.78 is 5.53. The molecule has 9 nitrogen and oxygen atoms in total. The molecule has 0 saturated carbocycles. The summed E-state index contributed by atoms with van der Waals surface area (Å²) in [6, 6.07) is 25.7. The van der Waals surface area contributed by atoms with E-state index in [2.05, 4.69) is 23.5 Å². The molecule has 11 heteroatoms. The molecule has 0 radical (unpaired) electrons. The average molecular weight is 685 g/mol. The lowest BCUT2D eigenvalue weighted by Crippen LogP contribution is -2.66. The predicted molar refractivity (Wildman–Crippen MR) is 186 cm³/mol. The van der Waals surface area contributed by atoms with Gasteiger partial charge in [0.25, 0.3) is 0 Å². The lowest BCUT2D eigenvalue weighted by molar-refractivity contribution is -0.158. The van der Waals surface area contributed by atoms with Gasteiger partial charge >= 0.3 is 6.03 Å². The predicted octanol–water partition coefficient (Wildman–Crippen LogP) is 6.85. The van der Waals surface area contributed by atoms with E-state index in [1.165, 1.54) is 0 Å². The molecule has 2 atom stereocenters. The quantitative estimate of drug-likeness (QED) is 0.193. The lowest BCUT2D eigenvalue weighted by atomic mass is 9.98. The van der Waals surface area contributed by atoms with Gasteiger partial charge in [-0.15, -0.1) is 0 Å². The number of amides is 4. The van der Waals surface area contributed by atoms with Crippen LogP contribution in [0.5, 0.6) is 0 Å². The number of halogens is 2. The van der Waals surface area contributed by atoms with Gasteiger partial charge in [-0.2, -0.15) is 5.01 Å². The van der Waals surface area contributed by atoms with Gasteiger partial charge in [0.1, 0.15) is 17.8 Å². The topological polar surface area (TPSA) is 89.3 Å². The number of carbonyl (C=O) groups is 3. The molecule has 2 saturated heterocycles. The molecule has 0 unspecified atom stereocenters. The van der Waals surface area contributed by atoms with Crippen molar-refractivity contribution >= 4 is 62.8 Å². The van der Waals surface area contributed by atoms with Gasteiger partial charge in [-0.25, -0.2) is 4.79 Å². The minimum atomic E-state index is -0.756. The van der Waals surface area contributed by atoms with Gasteiger partial charge in [-0.05, 0) is 71.6 Å². The smallest absolute Gasteiger partial charge is 0.332 e. The summed E-state index contributed by atoms with van der Waals surface area (Å²) in [5.41, 5.74) is 3.48. The van der Waals surface area contributed by atoms with E-state index >= 15 is 0 Å². The second-order valence-corrected chi connectivity index (χ2v) is 13.4. The summed E-state index contributed by atoms with van der Waals surface area (Å²) in [7, 11) is 0. The van der Waals surface area contributed by atoms with Gasteiger partial charge in [0, 0.05) is 30.9 Å². The van der Waals surface area contributed by atoms with E-state index in [-0.39, 0.29) is 43.5 Å². The van der Waals surface area contributed by atoms with Crippen LogP contribution in [0.4, 0.5) is 4.79 Å². The first-order valence-corrected chi connectivity index (χ1v) is 16.7. The Morgan fingerprint density at radius 3 is 2.54 bits per heavy atom. The van der Waals surface area contributed by atoms with Gasteiger partial charge in [0.15, 0.2) is 0 Å². The Morgan fingerprint density at radius 2 is 1.73 bits per heavy atom. The van der Waals surface area contributed by atoms with E-state index in [4.69, 9.17) is 27.6 Å². The molecule has 0 bridgehead atoms. The molecule has 4 amide bonds. The molecule has 48 heavy (non-hydrogen) atoms. The first-order valence-electron chi connectivity index (χ1n) is 16.0. The highest BCUT2D eigenvalue weighted by Crippen LogP contribution is 2.32. The van der Waals surface area contributed by atoms with Gasteiger partial charge in [0.05, 0.1) is 29.4 Å². The molecule has 5 aromatic rings. The van der Waals surface area contributed by atoms with Crippen molar-refractivity contribution < 1.29 is 18.8 Å². The highest BCUT2D eigenvalue weighted by Gasteiger charge is 2.52. The maximum Gasteiger partial charge on any atom is 0.332 e. The zero-order valence-electron chi connectivity index (χ0n) is 26.6. The third-order valence-corrected chi connectivity index (χ3v) is 9.89. The van der Waals surface area contributed by atoms with E-state index in [9.17, 15) is 14.4 Å². The lowest BCUT2D eigenvalue weighted by Gasteiger charge is -2.47. The van der Waals surface area contributed by atoms with E-state index < -0.39 is 12.2 Å². The number of hydrazine groups is 1. The number of fused-ring (bicyclic) bond motifs is 3. The number of carbonyl (C=O) groups excluding carboxylic acids is 3. The van der Waals surface area contributed by atoms with Crippen LogP contribution in [-0.2, 0) is 29.1 Å². The maximum atomic E-state index is 14.4. The standard InChI is InChI=1S/C37H35Cl2N5O4/c1-23(2)44(37(47)40-19-25-10-12-30(38)31(39)17-25)42-22-35(45)43-32(18-24-11-13-33-27(16-24)14-15-48-33)36(46)41(21-34(42)43)20-28-8-5-7-26-6-3-4-9-29(26)28/h3-17,23,32,34H,18-22H2,1-2H3,(H,40,47)/t32-,34+/m0/s1. The highest BCUT2D eigenvalue weighted by atomic mass is 35.5. The Bertz CT molecular complexity index is 2020. The highest BCUT2D eigenvalue weighted by molar-refractivity contribution is 6.42. The van der Waals surface area contributed by atoms with E-state index in [1.54, 1.807) is 34.4 Å². The molecular formula is C37H35Cl2N5O4. The summed E-state index contributed by atoms with van der Waals surface area (Å²) in [4.78, 5) is 45.6. The monoisotopic (exact) mass is 683 g/mol. The average Bonchev–Trinajstić information content (AvgIpc) is 3.67. The van der Waals surface area contributed by atoms with Crippen molar-refractivity contribution in [1.82, 2.24) is 25.1 Å². The normalized spacial score (nSPS) is 18.3. The second kappa shape index (κ2) is 13.1. The van der Waals surface area contributed by atoms with Gasteiger partial charge < -0.3 is 19.5 Å². The largest absolute Gasteiger partial charge is 0.464 e. The number of urea groups is 1. The Morgan fingerprint density at radius 1 is 0.938 bits per heavy atom. The molecule has 2 fully saturated rings. The summed E-state index contributed by atoms with van der Waals surface area (Å²) in [5, 5.41) is 10.3. The number of furan rings is 1. The fraction of sp³-hybridized carbons (Fsp3) is 0.270. The number of hydrogen-bond acceptors (Lipinski definition) is 5. The van der Waals surface area contributed by atoms with Crippen LogP contribution in [0, 0.1) is 0 Å². The molecule has 2 aliphatic rings. The van der Waals surface area contributed by atoms with Crippen LogP contribution in [0.3, 0.4) is 0 Å². The van der Waals surface area contributed by atoms with Crippen molar-refractivity contribution in [3.8, 4) is 0 Å². The van der Waals surface area contributed by atoms with Crippen LogP contribution < -0.4 is 5.32 Å². The summed E-state index contributed by atoms with van der Waals surface area (Å²) in [6.07, 6.45) is 1.41. The number of hydrogen-bond donors (Lipinski definition) is 1. The van der Waals surface area contributed by atoms with E-state index in [0.29, 0.717) is 23.0 Å². The van der Waals surface area contributed by atoms with Crippen molar-refractivity contribution in [3.63, 3.8) is 0 Å². The number of nitrogens with one attached hydrogen (secondary N) is 1. The van der Waals surface area contributed by atoms with Gasteiger partial charge in [0.2, 0.25) is 11.8 Å². The molecular weight excluding hydrogens is 649 g/mol. The Kier molecular flexibility index (Phi) is 8.76. The molecule has 246 valence electrons. The summed E-state index contributed by atoms with van der Waals surface area (Å²) in [5.74, 6) is -0.322. The molecule has 0 spiro atoms. The first-order chi connectivity index (χ1) is 23.2. The van der Waals surface area contributed by atoms with Crippen molar-refractivity contribution in [1.29, 1.82) is 0 Å². The Hall–Kier alpha value is -4.57. The third-order valence-electron chi connectivity index (χ3n) is 9.16. The van der Waals surface area contributed by atoms with Gasteiger partial charge in [-0.1, -0.05) is 77.8 Å². The minimum Gasteiger partial charge on any atom is -0.464 e. The summed E-state index contributed by atoms with van der Waals surface area (Å²) >= 11 is 12.3. The zero-order valence-corrected chi connectivity index (χ0v) is 28.1.